The molecule has 0 aliphatic heterocycles. The lowest BCUT2D eigenvalue weighted by Crippen LogP contribution is -2.29. The maximum absolute atomic E-state index is 12.8. The molecule has 4 heteroatoms. The Labute approximate surface area is 253 Å². The quantitative estimate of drug-likeness (QED) is 0.127. The Balaban J connectivity index is 1.50. The molecule has 0 aromatic heterocycles. The van der Waals surface area contributed by atoms with Crippen molar-refractivity contribution in [2.24, 2.45) is 5.92 Å². The van der Waals surface area contributed by atoms with Gasteiger partial charge in [0, 0.05) is 0 Å². The van der Waals surface area contributed by atoms with Gasteiger partial charge < -0.3 is 14.2 Å². The van der Waals surface area contributed by atoms with Crippen LogP contribution in [0.3, 0.4) is 0 Å². The highest BCUT2D eigenvalue weighted by molar-refractivity contribution is 5.75. The molecule has 0 bridgehead atoms. The van der Waals surface area contributed by atoms with Gasteiger partial charge in [0.25, 0.3) is 0 Å². The monoisotopic (exact) mass is 570 g/mol. The van der Waals surface area contributed by atoms with E-state index in [2.05, 4.69) is 44.2 Å². The highest BCUT2D eigenvalue weighted by Gasteiger charge is 2.24. The van der Waals surface area contributed by atoms with Gasteiger partial charge in [-0.1, -0.05) is 107 Å². The number of ether oxygens (including phenoxy) is 3. The highest BCUT2D eigenvalue weighted by atomic mass is 16.6. The van der Waals surface area contributed by atoms with Crippen LogP contribution >= 0.6 is 0 Å². The lowest BCUT2D eigenvalue weighted by Gasteiger charge is -2.29. The van der Waals surface area contributed by atoms with Crippen LogP contribution in [0.2, 0.25) is 0 Å². The van der Waals surface area contributed by atoms with Crippen molar-refractivity contribution in [1.29, 1.82) is 0 Å². The molecule has 0 amide bonds. The topological polar surface area (TPSA) is 44.8 Å². The molecular formula is C38H50O4. The number of esters is 1. The molecule has 1 fully saturated rings. The standard InChI is InChI=1S/C38H50O4/c1-4-7-10-13-29-17-19-31(20-18-29)32-21-23-33(24-22-32)34-25-26-35(41-28-30-14-11-9-12-15-30)37(27-34)42-36(16-8-5-2)38(39)40-6-3/h9,11-12,14-15,21-27,29,31,36H,4-8,10,13,16-20,28H2,1-3H3/t29?,31?,36-/m1/s1. The van der Waals surface area contributed by atoms with Crippen LogP contribution < -0.4 is 9.47 Å². The number of hydrogen-bond acceptors (Lipinski definition) is 4. The van der Waals surface area contributed by atoms with Crippen LogP contribution in [0, 0.1) is 5.92 Å². The Morgan fingerprint density at radius 1 is 0.786 bits per heavy atom. The molecule has 0 saturated heterocycles. The summed E-state index contributed by atoms with van der Waals surface area (Å²) in [7, 11) is 0. The molecule has 0 N–H and O–H groups in total. The van der Waals surface area contributed by atoms with Crippen molar-refractivity contribution >= 4 is 5.97 Å². The van der Waals surface area contributed by atoms with Crippen molar-refractivity contribution in [2.45, 2.75) is 110 Å². The van der Waals surface area contributed by atoms with Gasteiger partial charge in [0.2, 0.25) is 0 Å². The zero-order chi connectivity index (χ0) is 29.6. The van der Waals surface area contributed by atoms with Gasteiger partial charge in [-0.25, -0.2) is 4.79 Å². The van der Waals surface area contributed by atoms with Crippen molar-refractivity contribution in [1.82, 2.24) is 0 Å². The van der Waals surface area contributed by atoms with E-state index in [9.17, 15) is 4.79 Å². The summed E-state index contributed by atoms with van der Waals surface area (Å²) in [4.78, 5) is 12.8. The fourth-order valence-electron chi connectivity index (χ4n) is 6.05. The average molecular weight is 571 g/mol. The molecule has 1 saturated carbocycles. The van der Waals surface area contributed by atoms with Crippen LogP contribution in [0.1, 0.15) is 108 Å². The van der Waals surface area contributed by atoms with E-state index in [-0.39, 0.29) is 5.97 Å². The number of benzene rings is 3. The second kappa shape index (κ2) is 17.0. The number of carbonyl (C=O) groups is 1. The number of unbranched alkanes of at least 4 members (excludes halogenated alkanes) is 3. The zero-order valence-electron chi connectivity index (χ0n) is 26.0. The molecule has 4 nitrogen and oxygen atoms in total. The van der Waals surface area contributed by atoms with E-state index in [1.54, 1.807) is 0 Å². The Bertz CT molecular complexity index is 1200. The normalized spacial score (nSPS) is 17.4. The molecule has 1 aliphatic rings. The molecular weight excluding hydrogens is 520 g/mol. The Kier molecular flexibility index (Phi) is 12.8. The minimum atomic E-state index is -0.668. The molecule has 0 spiro atoms. The minimum Gasteiger partial charge on any atom is -0.485 e. The smallest absolute Gasteiger partial charge is 0.347 e. The third kappa shape index (κ3) is 9.37. The zero-order valence-corrected chi connectivity index (χ0v) is 26.0. The lowest BCUT2D eigenvalue weighted by atomic mass is 9.77. The third-order valence-electron chi connectivity index (χ3n) is 8.60. The summed E-state index contributed by atoms with van der Waals surface area (Å²) in [5.74, 6) is 2.46. The summed E-state index contributed by atoms with van der Waals surface area (Å²) >= 11 is 0. The predicted octanol–water partition coefficient (Wildman–Crippen LogP) is 10.3. The Hall–Kier alpha value is -3.27. The first-order chi connectivity index (χ1) is 20.6. The van der Waals surface area contributed by atoms with Crippen LogP contribution in [0.4, 0.5) is 0 Å². The van der Waals surface area contributed by atoms with Crippen LogP contribution in [-0.4, -0.2) is 18.7 Å². The molecule has 0 unspecified atom stereocenters. The van der Waals surface area contributed by atoms with Crippen molar-refractivity contribution in [3.8, 4) is 22.6 Å². The van der Waals surface area contributed by atoms with Crippen LogP contribution in [0.25, 0.3) is 11.1 Å². The summed E-state index contributed by atoms with van der Waals surface area (Å²) < 4.78 is 18.0. The van der Waals surface area contributed by atoms with Crippen molar-refractivity contribution in [3.05, 3.63) is 83.9 Å². The van der Waals surface area contributed by atoms with Crippen molar-refractivity contribution in [2.75, 3.05) is 6.61 Å². The molecule has 0 radical (unpaired) electrons. The van der Waals surface area contributed by atoms with Gasteiger partial charge in [-0.05, 0) is 91.7 Å². The van der Waals surface area contributed by atoms with Gasteiger partial charge in [-0.15, -0.1) is 0 Å². The summed E-state index contributed by atoms with van der Waals surface area (Å²) in [5, 5.41) is 0. The van der Waals surface area contributed by atoms with E-state index in [0.717, 1.165) is 35.4 Å². The van der Waals surface area contributed by atoms with E-state index >= 15 is 0 Å². The van der Waals surface area contributed by atoms with E-state index in [1.165, 1.54) is 56.9 Å². The summed E-state index contributed by atoms with van der Waals surface area (Å²) in [6.45, 7) is 6.98. The molecule has 226 valence electrons. The van der Waals surface area contributed by atoms with Gasteiger partial charge in [0.1, 0.15) is 6.61 Å². The molecule has 1 atom stereocenters. The fourth-order valence-corrected chi connectivity index (χ4v) is 6.05. The number of hydrogen-bond donors (Lipinski definition) is 0. The van der Waals surface area contributed by atoms with Crippen molar-refractivity contribution < 1.29 is 19.0 Å². The van der Waals surface area contributed by atoms with Crippen LogP contribution in [0.5, 0.6) is 11.5 Å². The lowest BCUT2D eigenvalue weighted by molar-refractivity contribution is -0.151. The fraction of sp³-hybridized carbons (Fsp3) is 0.500. The van der Waals surface area contributed by atoms with E-state index < -0.39 is 6.10 Å². The van der Waals surface area contributed by atoms with Crippen LogP contribution in [-0.2, 0) is 16.1 Å². The van der Waals surface area contributed by atoms with Gasteiger partial charge in [0.15, 0.2) is 17.6 Å². The van der Waals surface area contributed by atoms with E-state index in [1.807, 2.05) is 49.4 Å². The maximum Gasteiger partial charge on any atom is 0.347 e. The largest absolute Gasteiger partial charge is 0.485 e. The summed E-state index contributed by atoms with van der Waals surface area (Å²) in [5.41, 5.74) is 4.70. The molecule has 1 aliphatic carbocycles. The van der Waals surface area contributed by atoms with Crippen molar-refractivity contribution in [3.63, 3.8) is 0 Å². The highest BCUT2D eigenvalue weighted by Crippen LogP contribution is 2.39. The first-order valence-electron chi connectivity index (χ1n) is 16.4. The summed E-state index contributed by atoms with van der Waals surface area (Å²) in [6.07, 6.45) is 12.6. The SMILES string of the molecule is CCCCCC1CCC(c2ccc(-c3ccc(OCc4ccccc4)c(O[C@H](CCCC)C(=O)OCC)c3)cc2)CC1. The van der Waals surface area contributed by atoms with Crippen LogP contribution in [0.15, 0.2) is 72.8 Å². The van der Waals surface area contributed by atoms with E-state index in [0.29, 0.717) is 37.1 Å². The predicted molar refractivity (Wildman–Crippen MR) is 172 cm³/mol. The molecule has 3 aromatic rings. The molecule has 0 heterocycles. The second-order valence-electron chi connectivity index (χ2n) is 11.8. The van der Waals surface area contributed by atoms with Gasteiger partial charge in [-0.3, -0.25) is 0 Å². The number of carbonyl (C=O) groups excluding carboxylic acids is 1. The first kappa shape index (κ1) is 31.7. The Morgan fingerprint density at radius 2 is 1.50 bits per heavy atom. The summed E-state index contributed by atoms with van der Waals surface area (Å²) in [6, 6.07) is 25.2. The average Bonchev–Trinajstić information content (AvgIpc) is 3.03. The van der Waals surface area contributed by atoms with Gasteiger partial charge >= 0.3 is 5.97 Å². The minimum absolute atomic E-state index is 0.324. The number of rotatable bonds is 16. The Morgan fingerprint density at radius 3 is 2.19 bits per heavy atom. The molecule has 3 aromatic carbocycles. The van der Waals surface area contributed by atoms with Gasteiger partial charge in [-0.2, -0.15) is 0 Å². The molecule has 4 rings (SSSR count). The first-order valence-corrected chi connectivity index (χ1v) is 16.4. The van der Waals surface area contributed by atoms with E-state index in [4.69, 9.17) is 14.2 Å². The third-order valence-corrected chi connectivity index (χ3v) is 8.60. The second-order valence-corrected chi connectivity index (χ2v) is 11.8. The maximum atomic E-state index is 12.8. The molecule has 42 heavy (non-hydrogen) atoms. The van der Waals surface area contributed by atoms with Gasteiger partial charge in [0.05, 0.1) is 6.61 Å².